The van der Waals surface area contributed by atoms with Gasteiger partial charge in [0.05, 0.1) is 6.04 Å². The molecule has 1 aromatic rings. The fourth-order valence-corrected chi connectivity index (χ4v) is 3.34. The van der Waals surface area contributed by atoms with Crippen molar-refractivity contribution in [2.75, 3.05) is 13.1 Å². The fourth-order valence-electron chi connectivity index (χ4n) is 2.39. The minimum absolute atomic E-state index is 0.160. The number of hydrogen-bond donors (Lipinski definition) is 2. The number of thiophene rings is 1. The molecule has 0 spiro atoms. The first kappa shape index (κ1) is 13.6. The number of rotatable bonds is 4. The summed E-state index contributed by atoms with van der Waals surface area (Å²) in [5, 5.41) is 8.60. The molecule has 1 atom stereocenters. The summed E-state index contributed by atoms with van der Waals surface area (Å²) in [6, 6.07) is 4.32. The van der Waals surface area contributed by atoms with Gasteiger partial charge in [-0.2, -0.15) is 0 Å². The minimum Gasteiger partial charge on any atom is -0.348 e. The van der Waals surface area contributed by atoms with Gasteiger partial charge in [0.25, 0.3) is 0 Å². The molecule has 1 aromatic heterocycles. The molecular formula is C14H22N2OS. The van der Waals surface area contributed by atoms with E-state index in [0.29, 0.717) is 5.92 Å². The van der Waals surface area contributed by atoms with Gasteiger partial charge in [-0.3, -0.25) is 4.79 Å². The minimum atomic E-state index is 0.160. The summed E-state index contributed by atoms with van der Waals surface area (Å²) in [7, 11) is 0. The van der Waals surface area contributed by atoms with E-state index in [1.165, 1.54) is 4.88 Å². The van der Waals surface area contributed by atoms with Crippen molar-refractivity contribution in [3.8, 4) is 0 Å². The van der Waals surface area contributed by atoms with Crippen LogP contribution in [0.15, 0.2) is 17.5 Å². The van der Waals surface area contributed by atoms with Gasteiger partial charge in [-0.15, -0.1) is 11.3 Å². The van der Waals surface area contributed by atoms with Crippen molar-refractivity contribution in [1.82, 2.24) is 10.6 Å². The molecule has 4 heteroatoms. The van der Waals surface area contributed by atoms with Crippen LogP contribution in [0, 0.1) is 11.8 Å². The second kappa shape index (κ2) is 6.34. The third-order valence-corrected chi connectivity index (χ3v) is 4.48. The highest BCUT2D eigenvalue weighted by Gasteiger charge is 2.25. The molecule has 100 valence electrons. The number of carbonyl (C=O) groups excluding carboxylic acids is 1. The van der Waals surface area contributed by atoms with Crippen LogP contribution in [0.4, 0.5) is 0 Å². The second-order valence-corrected chi connectivity index (χ2v) is 6.25. The third kappa shape index (κ3) is 3.33. The molecule has 2 heterocycles. The first-order chi connectivity index (χ1) is 8.68. The molecule has 1 saturated heterocycles. The van der Waals surface area contributed by atoms with Gasteiger partial charge in [0, 0.05) is 10.8 Å². The van der Waals surface area contributed by atoms with Crippen molar-refractivity contribution < 1.29 is 4.79 Å². The molecule has 0 aromatic carbocycles. The lowest BCUT2D eigenvalue weighted by Crippen LogP contribution is -2.40. The van der Waals surface area contributed by atoms with E-state index in [0.717, 1.165) is 25.9 Å². The van der Waals surface area contributed by atoms with E-state index in [1.807, 2.05) is 6.07 Å². The lowest BCUT2D eigenvalue weighted by molar-refractivity contribution is -0.126. The summed E-state index contributed by atoms with van der Waals surface area (Å²) in [5.41, 5.74) is 0. The SMILES string of the molecule is CC(C)C(NC(=O)C1CCNCC1)c1cccs1. The Labute approximate surface area is 113 Å². The Kier molecular flexibility index (Phi) is 4.78. The summed E-state index contributed by atoms with van der Waals surface area (Å²) in [6.45, 7) is 6.24. The fraction of sp³-hybridized carbons (Fsp3) is 0.643. The van der Waals surface area contributed by atoms with Crippen LogP contribution in [0.5, 0.6) is 0 Å². The number of amides is 1. The summed E-state index contributed by atoms with van der Waals surface area (Å²) in [5.74, 6) is 0.838. The Hall–Kier alpha value is -0.870. The zero-order chi connectivity index (χ0) is 13.0. The first-order valence-corrected chi connectivity index (χ1v) is 7.61. The molecule has 1 fully saturated rings. The Balaban J connectivity index is 1.98. The van der Waals surface area contributed by atoms with Crippen molar-refractivity contribution >= 4 is 17.2 Å². The number of nitrogens with one attached hydrogen (secondary N) is 2. The maximum absolute atomic E-state index is 12.3. The van der Waals surface area contributed by atoms with Gasteiger partial charge in [-0.25, -0.2) is 0 Å². The number of piperidine rings is 1. The van der Waals surface area contributed by atoms with Crippen LogP contribution in [-0.4, -0.2) is 19.0 Å². The molecule has 0 aliphatic carbocycles. The predicted octanol–water partition coefficient (Wildman–Crippen LogP) is 2.56. The average molecular weight is 266 g/mol. The van der Waals surface area contributed by atoms with Gasteiger partial charge < -0.3 is 10.6 Å². The normalized spacial score (nSPS) is 18.8. The molecule has 1 aliphatic heterocycles. The van der Waals surface area contributed by atoms with E-state index in [4.69, 9.17) is 0 Å². The average Bonchev–Trinajstić information content (AvgIpc) is 2.90. The topological polar surface area (TPSA) is 41.1 Å². The Morgan fingerprint density at radius 1 is 1.44 bits per heavy atom. The molecule has 3 nitrogen and oxygen atoms in total. The molecule has 2 N–H and O–H groups in total. The number of hydrogen-bond acceptors (Lipinski definition) is 3. The highest BCUT2D eigenvalue weighted by molar-refractivity contribution is 7.10. The summed E-state index contributed by atoms with van der Waals surface area (Å²) >= 11 is 1.72. The zero-order valence-electron chi connectivity index (χ0n) is 11.1. The van der Waals surface area contributed by atoms with Crippen LogP contribution in [0.1, 0.15) is 37.6 Å². The Morgan fingerprint density at radius 3 is 2.72 bits per heavy atom. The maximum atomic E-state index is 12.3. The summed E-state index contributed by atoms with van der Waals surface area (Å²) < 4.78 is 0. The summed E-state index contributed by atoms with van der Waals surface area (Å²) in [4.78, 5) is 13.5. The van der Waals surface area contributed by atoms with E-state index in [9.17, 15) is 4.79 Å². The van der Waals surface area contributed by atoms with Gasteiger partial charge in [0.2, 0.25) is 5.91 Å². The van der Waals surface area contributed by atoms with Crippen molar-refractivity contribution in [1.29, 1.82) is 0 Å². The van der Waals surface area contributed by atoms with Crippen LogP contribution in [0.2, 0.25) is 0 Å². The van der Waals surface area contributed by atoms with E-state index < -0.39 is 0 Å². The lowest BCUT2D eigenvalue weighted by atomic mass is 9.95. The lowest BCUT2D eigenvalue weighted by Gasteiger charge is -2.27. The van der Waals surface area contributed by atoms with Gasteiger partial charge in [0.15, 0.2) is 0 Å². The maximum Gasteiger partial charge on any atom is 0.223 e. The second-order valence-electron chi connectivity index (χ2n) is 5.27. The molecule has 18 heavy (non-hydrogen) atoms. The van der Waals surface area contributed by atoms with Crippen molar-refractivity contribution in [3.63, 3.8) is 0 Å². The first-order valence-electron chi connectivity index (χ1n) is 6.73. The van der Waals surface area contributed by atoms with Gasteiger partial charge in [-0.1, -0.05) is 19.9 Å². The van der Waals surface area contributed by atoms with E-state index in [-0.39, 0.29) is 17.9 Å². The van der Waals surface area contributed by atoms with Crippen molar-refractivity contribution in [2.24, 2.45) is 11.8 Å². The van der Waals surface area contributed by atoms with Crippen LogP contribution >= 0.6 is 11.3 Å². The molecule has 2 rings (SSSR count). The predicted molar refractivity (Wildman–Crippen MR) is 75.6 cm³/mol. The standard InChI is InChI=1S/C14H22N2OS/c1-10(2)13(12-4-3-9-18-12)16-14(17)11-5-7-15-8-6-11/h3-4,9-11,13,15H,5-8H2,1-2H3,(H,16,17). The Bertz CT molecular complexity index is 369. The molecule has 0 radical (unpaired) electrons. The monoisotopic (exact) mass is 266 g/mol. The highest BCUT2D eigenvalue weighted by Crippen LogP contribution is 2.26. The molecule has 0 bridgehead atoms. The molecule has 1 unspecified atom stereocenters. The smallest absolute Gasteiger partial charge is 0.223 e. The van der Waals surface area contributed by atoms with Gasteiger partial charge in [-0.05, 0) is 43.3 Å². The van der Waals surface area contributed by atoms with E-state index in [2.05, 4.69) is 35.9 Å². The van der Waals surface area contributed by atoms with Crippen LogP contribution in [0.25, 0.3) is 0 Å². The molecule has 1 aliphatic rings. The van der Waals surface area contributed by atoms with Gasteiger partial charge in [0.1, 0.15) is 0 Å². The number of carbonyl (C=O) groups is 1. The van der Waals surface area contributed by atoms with Crippen molar-refractivity contribution in [3.05, 3.63) is 22.4 Å². The van der Waals surface area contributed by atoms with Crippen LogP contribution < -0.4 is 10.6 Å². The zero-order valence-corrected chi connectivity index (χ0v) is 11.9. The summed E-state index contributed by atoms with van der Waals surface area (Å²) in [6.07, 6.45) is 1.92. The van der Waals surface area contributed by atoms with Gasteiger partial charge >= 0.3 is 0 Å². The molecular weight excluding hydrogens is 244 g/mol. The quantitative estimate of drug-likeness (QED) is 0.879. The third-order valence-electron chi connectivity index (χ3n) is 3.52. The van der Waals surface area contributed by atoms with Crippen LogP contribution in [-0.2, 0) is 4.79 Å². The van der Waals surface area contributed by atoms with E-state index >= 15 is 0 Å². The molecule has 0 saturated carbocycles. The Morgan fingerprint density at radius 2 is 2.17 bits per heavy atom. The molecule has 1 amide bonds. The van der Waals surface area contributed by atoms with E-state index in [1.54, 1.807) is 11.3 Å². The van der Waals surface area contributed by atoms with Crippen LogP contribution in [0.3, 0.4) is 0 Å². The largest absolute Gasteiger partial charge is 0.348 e. The van der Waals surface area contributed by atoms with Crippen molar-refractivity contribution in [2.45, 2.75) is 32.7 Å². The highest BCUT2D eigenvalue weighted by atomic mass is 32.1.